The molecule has 0 aromatic heterocycles. The van der Waals surface area contributed by atoms with Gasteiger partial charge in [0, 0.05) is 25.1 Å². The predicted octanol–water partition coefficient (Wildman–Crippen LogP) is 2.06. The van der Waals surface area contributed by atoms with Gasteiger partial charge in [-0.3, -0.25) is 0 Å². The largest absolute Gasteiger partial charge is 0.378 e. The molecule has 4 nitrogen and oxygen atoms in total. The number of nitrogens with one attached hydrogen (secondary N) is 2. The molecule has 0 aromatic rings. The molecule has 2 N–H and O–H groups in total. The van der Waals surface area contributed by atoms with E-state index in [2.05, 4.69) is 29.6 Å². The first-order valence-electron chi connectivity index (χ1n) is 9.97. The smallest absolute Gasteiger partial charge is 0.0620 e. The zero-order valence-electron chi connectivity index (χ0n) is 15.0. The highest BCUT2D eigenvalue weighted by Crippen LogP contribution is 2.42. The van der Waals surface area contributed by atoms with Crippen LogP contribution in [0.3, 0.4) is 0 Å². The first-order chi connectivity index (χ1) is 11.2. The van der Waals surface area contributed by atoms with Gasteiger partial charge in [0.05, 0.1) is 12.3 Å². The lowest BCUT2D eigenvalue weighted by Gasteiger charge is -2.42. The first kappa shape index (κ1) is 16.3. The van der Waals surface area contributed by atoms with E-state index in [1.807, 2.05) is 0 Å². The minimum absolute atomic E-state index is 0.530. The van der Waals surface area contributed by atoms with Gasteiger partial charge in [0.2, 0.25) is 0 Å². The van der Waals surface area contributed by atoms with Crippen molar-refractivity contribution in [3.63, 3.8) is 0 Å². The van der Waals surface area contributed by atoms with Crippen molar-refractivity contribution >= 4 is 0 Å². The van der Waals surface area contributed by atoms with E-state index in [0.717, 1.165) is 42.9 Å². The van der Waals surface area contributed by atoms with E-state index in [-0.39, 0.29) is 0 Å². The minimum Gasteiger partial charge on any atom is -0.378 e. The molecule has 3 aliphatic heterocycles. The zero-order valence-corrected chi connectivity index (χ0v) is 15.0. The molecule has 1 saturated carbocycles. The first-order valence-corrected chi connectivity index (χ1v) is 9.97. The molecule has 4 rings (SSSR count). The highest BCUT2D eigenvalue weighted by Gasteiger charge is 2.46. The SMILES string of the molecule is CN(C)C1CCC(C2CNC3NCC(C4CCCO4)C3C2)CC1. The van der Waals surface area contributed by atoms with E-state index in [4.69, 9.17) is 4.74 Å². The molecule has 1 aliphatic carbocycles. The second-order valence-electron chi connectivity index (χ2n) is 8.70. The normalized spacial score (nSPS) is 47.9. The van der Waals surface area contributed by atoms with Crippen molar-refractivity contribution in [1.82, 2.24) is 15.5 Å². The van der Waals surface area contributed by atoms with Crippen molar-refractivity contribution in [2.45, 2.75) is 63.3 Å². The Labute approximate surface area is 141 Å². The predicted molar refractivity (Wildman–Crippen MR) is 93.3 cm³/mol. The number of rotatable bonds is 3. The van der Waals surface area contributed by atoms with Crippen molar-refractivity contribution < 1.29 is 4.74 Å². The summed E-state index contributed by atoms with van der Waals surface area (Å²) in [5, 5.41) is 7.57. The standard InChI is InChI=1S/C19H35N3O/c1-22(2)15-7-5-13(6-8-15)14-10-16-17(18-4-3-9-23-18)12-21-19(16)20-11-14/h13-21H,3-12H2,1-2H3. The maximum absolute atomic E-state index is 6.03. The summed E-state index contributed by atoms with van der Waals surface area (Å²) in [7, 11) is 4.49. The van der Waals surface area contributed by atoms with Crippen LogP contribution in [-0.4, -0.2) is 57.0 Å². The fraction of sp³-hybridized carbons (Fsp3) is 1.00. The van der Waals surface area contributed by atoms with Gasteiger partial charge < -0.3 is 20.3 Å². The van der Waals surface area contributed by atoms with Gasteiger partial charge in [-0.25, -0.2) is 0 Å². The van der Waals surface area contributed by atoms with Crippen LogP contribution >= 0.6 is 0 Å². The van der Waals surface area contributed by atoms with Crippen LogP contribution in [0.4, 0.5) is 0 Å². The number of ether oxygens (including phenoxy) is 1. The second kappa shape index (κ2) is 6.99. The Morgan fingerprint density at radius 3 is 2.35 bits per heavy atom. The average molecular weight is 322 g/mol. The zero-order chi connectivity index (χ0) is 15.8. The third kappa shape index (κ3) is 3.33. The fourth-order valence-electron chi connectivity index (χ4n) is 5.85. The van der Waals surface area contributed by atoms with E-state index in [1.54, 1.807) is 0 Å². The molecule has 0 radical (unpaired) electrons. The fourth-order valence-corrected chi connectivity index (χ4v) is 5.85. The number of hydrogen-bond donors (Lipinski definition) is 2. The average Bonchev–Trinajstić information content (AvgIpc) is 3.23. The van der Waals surface area contributed by atoms with Crippen molar-refractivity contribution in [2.24, 2.45) is 23.7 Å². The monoisotopic (exact) mass is 321 g/mol. The van der Waals surface area contributed by atoms with Crippen LogP contribution < -0.4 is 10.6 Å². The van der Waals surface area contributed by atoms with E-state index in [0.29, 0.717) is 12.3 Å². The van der Waals surface area contributed by atoms with Crippen LogP contribution in [0, 0.1) is 23.7 Å². The van der Waals surface area contributed by atoms with Gasteiger partial charge in [-0.1, -0.05) is 0 Å². The van der Waals surface area contributed by atoms with Gasteiger partial charge in [-0.05, 0) is 83.3 Å². The third-order valence-corrected chi connectivity index (χ3v) is 7.31. The molecule has 0 bridgehead atoms. The molecule has 4 heteroatoms. The number of nitrogens with zero attached hydrogens (tertiary/aromatic N) is 1. The van der Waals surface area contributed by atoms with Crippen LogP contribution in [0.5, 0.6) is 0 Å². The van der Waals surface area contributed by atoms with Gasteiger partial charge in [0.25, 0.3) is 0 Å². The summed E-state index contributed by atoms with van der Waals surface area (Å²) < 4.78 is 6.03. The van der Waals surface area contributed by atoms with Gasteiger partial charge in [0.15, 0.2) is 0 Å². The Hall–Kier alpha value is -0.160. The van der Waals surface area contributed by atoms with Crippen molar-refractivity contribution in [3.8, 4) is 0 Å². The summed E-state index contributed by atoms with van der Waals surface area (Å²) in [5.41, 5.74) is 0. The number of piperidine rings is 1. The van der Waals surface area contributed by atoms with Crippen LogP contribution in [0.25, 0.3) is 0 Å². The molecule has 0 amide bonds. The molecule has 4 fully saturated rings. The van der Waals surface area contributed by atoms with Crippen LogP contribution in [0.1, 0.15) is 44.9 Å². The molecule has 5 atom stereocenters. The van der Waals surface area contributed by atoms with Crippen molar-refractivity contribution in [1.29, 1.82) is 0 Å². The number of hydrogen-bond acceptors (Lipinski definition) is 4. The van der Waals surface area contributed by atoms with Crippen LogP contribution in [-0.2, 0) is 4.74 Å². The van der Waals surface area contributed by atoms with E-state index >= 15 is 0 Å². The quantitative estimate of drug-likeness (QED) is 0.834. The summed E-state index contributed by atoms with van der Waals surface area (Å²) in [4.78, 5) is 2.43. The molecule has 3 saturated heterocycles. The van der Waals surface area contributed by atoms with E-state index < -0.39 is 0 Å². The summed E-state index contributed by atoms with van der Waals surface area (Å²) in [6.45, 7) is 3.38. The summed E-state index contributed by atoms with van der Waals surface area (Å²) in [6.07, 6.45) is 10.7. The van der Waals surface area contributed by atoms with E-state index in [9.17, 15) is 0 Å². The number of fused-ring (bicyclic) bond motifs is 1. The Morgan fingerprint density at radius 2 is 1.65 bits per heavy atom. The summed E-state index contributed by atoms with van der Waals surface area (Å²) in [6, 6.07) is 0.823. The summed E-state index contributed by atoms with van der Waals surface area (Å²) >= 11 is 0. The Balaban J connectivity index is 1.35. The maximum Gasteiger partial charge on any atom is 0.0620 e. The molecule has 0 spiro atoms. The van der Waals surface area contributed by atoms with Gasteiger partial charge in [0.1, 0.15) is 0 Å². The Kier molecular flexibility index (Phi) is 4.96. The third-order valence-electron chi connectivity index (χ3n) is 7.31. The maximum atomic E-state index is 6.03. The van der Waals surface area contributed by atoms with Gasteiger partial charge in [-0.15, -0.1) is 0 Å². The Bertz CT molecular complexity index is 388. The second-order valence-corrected chi connectivity index (χ2v) is 8.70. The van der Waals surface area contributed by atoms with Gasteiger partial charge >= 0.3 is 0 Å². The highest BCUT2D eigenvalue weighted by molar-refractivity contribution is 4.99. The minimum atomic E-state index is 0.530. The highest BCUT2D eigenvalue weighted by atomic mass is 16.5. The van der Waals surface area contributed by atoms with Gasteiger partial charge in [-0.2, -0.15) is 0 Å². The lowest BCUT2D eigenvalue weighted by atomic mass is 9.70. The van der Waals surface area contributed by atoms with Crippen molar-refractivity contribution in [2.75, 3.05) is 33.8 Å². The van der Waals surface area contributed by atoms with Crippen LogP contribution in [0.2, 0.25) is 0 Å². The molecule has 0 aromatic carbocycles. The van der Waals surface area contributed by atoms with Crippen molar-refractivity contribution in [3.05, 3.63) is 0 Å². The molecule has 23 heavy (non-hydrogen) atoms. The molecule has 5 unspecified atom stereocenters. The van der Waals surface area contributed by atoms with Crippen LogP contribution in [0.15, 0.2) is 0 Å². The molecular weight excluding hydrogens is 286 g/mol. The molecule has 3 heterocycles. The molecule has 4 aliphatic rings. The van der Waals surface area contributed by atoms with E-state index in [1.165, 1.54) is 51.5 Å². The topological polar surface area (TPSA) is 36.5 Å². The summed E-state index contributed by atoms with van der Waals surface area (Å²) in [5.74, 6) is 3.38. The lowest BCUT2D eigenvalue weighted by molar-refractivity contribution is 0.0294. The lowest BCUT2D eigenvalue weighted by Crippen LogP contribution is -2.51. The Morgan fingerprint density at radius 1 is 0.870 bits per heavy atom. The molecular formula is C19H35N3O. The molecule has 132 valence electrons.